The van der Waals surface area contributed by atoms with Crippen molar-refractivity contribution in [2.45, 2.75) is 64.7 Å². The van der Waals surface area contributed by atoms with Gasteiger partial charge in [-0.05, 0) is 6.42 Å². The summed E-state index contributed by atoms with van der Waals surface area (Å²) in [5.74, 6) is -0.661. The van der Waals surface area contributed by atoms with Gasteiger partial charge in [0.2, 0.25) is 0 Å². The van der Waals surface area contributed by atoms with Crippen LogP contribution in [0.2, 0.25) is 0 Å². The van der Waals surface area contributed by atoms with Crippen molar-refractivity contribution < 1.29 is 29.4 Å². The fourth-order valence-corrected chi connectivity index (χ4v) is 1.41. The van der Waals surface area contributed by atoms with Gasteiger partial charge in [-0.25, -0.2) is 0 Å². The van der Waals surface area contributed by atoms with Gasteiger partial charge in [0.1, 0.15) is 0 Å². The Morgan fingerprint density at radius 1 is 0.929 bits per heavy atom. The van der Waals surface area contributed by atoms with E-state index in [1.807, 2.05) is 0 Å². The Hall–Kier alpha value is 0.0934. The first-order valence-corrected chi connectivity index (χ1v) is 5.49. The minimum atomic E-state index is -0.661. The van der Waals surface area contributed by atoms with Crippen LogP contribution in [0, 0.1) is 0 Å². The molecule has 14 heavy (non-hydrogen) atoms. The van der Waals surface area contributed by atoms with E-state index in [0.717, 1.165) is 12.8 Å². The standard InChI is InChI=1S/C11H22O2.Zn/c1-2-3-4-5-6-7-8-9-10-11(12)13;/h2-10H2,1H3,(H,12,13);/q;+2. The molecule has 0 radical (unpaired) electrons. The number of carboxylic acid groups (broad SMARTS) is 1. The van der Waals surface area contributed by atoms with Crippen molar-refractivity contribution in [1.82, 2.24) is 0 Å². The summed E-state index contributed by atoms with van der Waals surface area (Å²) in [5, 5.41) is 8.39. The predicted octanol–water partition coefficient (Wildman–Crippen LogP) is 3.60. The quantitative estimate of drug-likeness (QED) is 0.502. The summed E-state index contributed by atoms with van der Waals surface area (Å²) in [4.78, 5) is 10.2. The molecule has 0 fully saturated rings. The third kappa shape index (κ3) is 14.6. The molecular formula is C11H22O2Zn+2. The van der Waals surface area contributed by atoms with Crippen LogP contribution < -0.4 is 0 Å². The Balaban J connectivity index is 0. The van der Waals surface area contributed by atoms with Crippen LogP contribution in [0.1, 0.15) is 64.7 Å². The van der Waals surface area contributed by atoms with Crippen LogP contribution in [-0.4, -0.2) is 11.1 Å². The number of carbonyl (C=O) groups is 1. The van der Waals surface area contributed by atoms with E-state index in [9.17, 15) is 4.79 Å². The molecule has 0 bridgehead atoms. The van der Waals surface area contributed by atoms with E-state index in [4.69, 9.17) is 5.11 Å². The second-order valence-corrected chi connectivity index (χ2v) is 3.62. The smallest absolute Gasteiger partial charge is 0.481 e. The van der Waals surface area contributed by atoms with Crippen molar-refractivity contribution in [3.8, 4) is 0 Å². The largest absolute Gasteiger partial charge is 2.00 e. The Morgan fingerprint density at radius 2 is 1.36 bits per heavy atom. The Morgan fingerprint density at radius 3 is 1.79 bits per heavy atom. The molecule has 1 N–H and O–H groups in total. The fraction of sp³-hybridized carbons (Fsp3) is 0.909. The molecule has 0 amide bonds. The first-order valence-electron chi connectivity index (χ1n) is 5.49. The molecule has 0 saturated heterocycles. The molecular weight excluding hydrogens is 230 g/mol. The predicted molar refractivity (Wildman–Crippen MR) is 54.9 cm³/mol. The zero-order chi connectivity index (χ0) is 9.94. The average Bonchev–Trinajstić information content (AvgIpc) is 2.09. The fourth-order valence-electron chi connectivity index (χ4n) is 1.41. The molecule has 0 heterocycles. The Kier molecular flexibility index (Phi) is 15.5. The van der Waals surface area contributed by atoms with Gasteiger partial charge in [-0.1, -0.05) is 51.9 Å². The monoisotopic (exact) mass is 250 g/mol. The third-order valence-electron chi connectivity index (χ3n) is 2.24. The average molecular weight is 252 g/mol. The second-order valence-electron chi connectivity index (χ2n) is 3.62. The van der Waals surface area contributed by atoms with Gasteiger partial charge in [0.05, 0.1) is 0 Å². The normalized spacial score (nSPS) is 9.50. The van der Waals surface area contributed by atoms with Gasteiger partial charge in [-0.3, -0.25) is 4.79 Å². The molecule has 0 saturated carbocycles. The molecule has 0 rings (SSSR count). The van der Waals surface area contributed by atoms with Crippen molar-refractivity contribution in [3.05, 3.63) is 0 Å². The van der Waals surface area contributed by atoms with Crippen molar-refractivity contribution >= 4 is 5.97 Å². The summed E-state index contributed by atoms with van der Waals surface area (Å²) in [6.45, 7) is 2.22. The first kappa shape index (κ1) is 16.5. The molecule has 0 spiro atoms. The van der Waals surface area contributed by atoms with Gasteiger partial charge in [0.25, 0.3) is 0 Å². The van der Waals surface area contributed by atoms with Crippen LogP contribution in [0.15, 0.2) is 0 Å². The van der Waals surface area contributed by atoms with Gasteiger partial charge in [0, 0.05) is 6.42 Å². The molecule has 0 aromatic rings. The van der Waals surface area contributed by atoms with Crippen LogP contribution in [-0.2, 0) is 24.3 Å². The molecule has 0 aromatic heterocycles. The summed E-state index contributed by atoms with van der Waals surface area (Å²) < 4.78 is 0. The molecule has 0 aliphatic rings. The minimum absolute atomic E-state index is 0. The maximum Gasteiger partial charge on any atom is 2.00 e. The number of aliphatic carboxylic acids is 1. The number of unbranched alkanes of at least 4 members (excludes halogenated alkanes) is 7. The van der Waals surface area contributed by atoms with Crippen molar-refractivity contribution in [1.29, 1.82) is 0 Å². The van der Waals surface area contributed by atoms with Crippen LogP contribution >= 0.6 is 0 Å². The number of carboxylic acids is 1. The Bertz CT molecular complexity index is 126. The minimum Gasteiger partial charge on any atom is -0.481 e. The number of hydrogen-bond acceptors (Lipinski definition) is 1. The molecule has 0 atom stereocenters. The van der Waals surface area contributed by atoms with E-state index in [-0.39, 0.29) is 19.5 Å². The van der Waals surface area contributed by atoms with E-state index >= 15 is 0 Å². The van der Waals surface area contributed by atoms with E-state index in [2.05, 4.69) is 6.92 Å². The first-order chi connectivity index (χ1) is 6.27. The van der Waals surface area contributed by atoms with Gasteiger partial charge in [0.15, 0.2) is 0 Å². The molecule has 3 heteroatoms. The molecule has 78 valence electrons. The summed E-state index contributed by atoms with van der Waals surface area (Å²) in [5.41, 5.74) is 0. The maximum atomic E-state index is 10.2. The second kappa shape index (κ2) is 13.1. The third-order valence-corrected chi connectivity index (χ3v) is 2.24. The summed E-state index contributed by atoms with van der Waals surface area (Å²) in [7, 11) is 0. The van der Waals surface area contributed by atoms with E-state index < -0.39 is 5.97 Å². The number of rotatable bonds is 9. The van der Waals surface area contributed by atoms with Crippen molar-refractivity contribution in [2.24, 2.45) is 0 Å². The summed E-state index contributed by atoms with van der Waals surface area (Å²) >= 11 is 0. The van der Waals surface area contributed by atoms with Gasteiger partial charge >= 0.3 is 25.4 Å². The van der Waals surface area contributed by atoms with Gasteiger partial charge in [-0.15, -0.1) is 0 Å². The van der Waals surface area contributed by atoms with Crippen LogP contribution in [0.5, 0.6) is 0 Å². The Labute approximate surface area is 100 Å². The molecule has 0 aliphatic carbocycles. The van der Waals surface area contributed by atoms with E-state index in [1.165, 1.54) is 38.5 Å². The van der Waals surface area contributed by atoms with E-state index in [0.29, 0.717) is 6.42 Å². The SMILES string of the molecule is CCCCCCCCCCC(=O)O.[Zn+2]. The van der Waals surface area contributed by atoms with Gasteiger partial charge < -0.3 is 5.11 Å². The van der Waals surface area contributed by atoms with Crippen molar-refractivity contribution in [2.75, 3.05) is 0 Å². The summed E-state index contributed by atoms with van der Waals surface area (Å²) in [6.07, 6.45) is 10.1. The topological polar surface area (TPSA) is 37.3 Å². The van der Waals surface area contributed by atoms with Gasteiger partial charge in [-0.2, -0.15) is 0 Å². The van der Waals surface area contributed by atoms with Crippen LogP contribution in [0.3, 0.4) is 0 Å². The molecule has 0 unspecified atom stereocenters. The maximum absolute atomic E-state index is 10.2. The summed E-state index contributed by atoms with van der Waals surface area (Å²) in [6, 6.07) is 0. The zero-order valence-electron chi connectivity index (χ0n) is 9.43. The van der Waals surface area contributed by atoms with Crippen LogP contribution in [0.4, 0.5) is 0 Å². The molecule has 0 aliphatic heterocycles. The molecule has 0 aromatic carbocycles. The van der Waals surface area contributed by atoms with Crippen LogP contribution in [0.25, 0.3) is 0 Å². The number of hydrogen-bond donors (Lipinski definition) is 1. The van der Waals surface area contributed by atoms with E-state index in [1.54, 1.807) is 0 Å². The molecule has 2 nitrogen and oxygen atoms in total. The van der Waals surface area contributed by atoms with Crippen molar-refractivity contribution in [3.63, 3.8) is 0 Å². The zero-order valence-corrected chi connectivity index (χ0v) is 12.4.